The van der Waals surface area contributed by atoms with Crippen LogP contribution in [0.5, 0.6) is 0 Å². The molecule has 4 heteroatoms. The number of rotatable bonds is 2. The van der Waals surface area contributed by atoms with Gasteiger partial charge in [-0.1, -0.05) is 12.8 Å². The van der Waals surface area contributed by atoms with E-state index < -0.39 is 17.0 Å². The van der Waals surface area contributed by atoms with Gasteiger partial charge in [0, 0.05) is 17.5 Å². The molecule has 16 heavy (non-hydrogen) atoms. The average Bonchev–Trinajstić information content (AvgIpc) is 2.74. The van der Waals surface area contributed by atoms with Crippen molar-refractivity contribution < 1.29 is 8.78 Å². The summed E-state index contributed by atoms with van der Waals surface area (Å²) in [6, 6.07) is 2.70. The highest BCUT2D eigenvalue weighted by Gasteiger charge is 2.39. The van der Waals surface area contributed by atoms with Gasteiger partial charge in [-0.25, -0.2) is 8.78 Å². The van der Waals surface area contributed by atoms with Gasteiger partial charge in [-0.15, -0.1) is 0 Å². The monoisotopic (exact) mass is 289 g/mol. The van der Waals surface area contributed by atoms with E-state index in [1.54, 1.807) is 0 Å². The molecule has 0 amide bonds. The Morgan fingerprint density at radius 2 is 1.88 bits per heavy atom. The molecule has 0 aromatic heterocycles. The Balaban J connectivity index is 2.57. The molecule has 1 nitrogen and oxygen atoms in total. The molecule has 1 aliphatic carbocycles. The van der Waals surface area contributed by atoms with Gasteiger partial charge >= 0.3 is 0 Å². The normalized spacial score (nSPS) is 19.0. The van der Waals surface area contributed by atoms with Crippen molar-refractivity contribution in [3.63, 3.8) is 0 Å². The Morgan fingerprint density at radius 1 is 1.25 bits per heavy atom. The lowest BCUT2D eigenvalue weighted by atomic mass is 9.78. The van der Waals surface area contributed by atoms with Crippen LogP contribution in [0.3, 0.4) is 0 Å². The van der Waals surface area contributed by atoms with Crippen molar-refractivity contribution in [3.8, 4) is 0 Å². The Kier molecular flexibility index (Phi) is 3.31. The molecule has 2 N–H and O–H groups in total. The van der Waals surface area contributed by atoms with Gasteiger partial charge in [0.25, 0.3) is 0 Å². The Labute approximate surface area is 102 Å². The zero-order chi connectivity index (χ0) is 11.8. The SMILES string of the molecule is NCC1(c2c(F)ccc(Br)c2F)CCCC1. The van der Waals surface area contributed by atoms with Crippen LogP contribution in [-0.2, 0) is 5.41 Å². The number of nitrogens with two attached hydrogens (primary N) is 1. The summed E-state index contributed by atoms with van der Waals surface area (Å²) in [5.41, 5.74) is 5.41. The van der Waals surface area contributed by atoms with Gasteiger partial charge in [0.15, 0.2) is 0 Å². The lowest BCUT2D eigenvalue weighted by Gasteiger charge is -2.28. The maximum absolute atomic E-state index is 14.0. The zero-order valence-corrected chi connectivity index (χ0v) is 10.5. The van der Waals surface area contributed by atoms with Crippen molar-refractivity contribution in [1.29, 1.82) is 0 Å². The minimum atomic E-state index is -0.502. The minimum absolute atomic E-state index is 0.168. The molecule has 0 saturated heterocycles. The van der Waals surface area contributed by atoms with Crippen molar-refractivity contribution in [2.75, 3.05) is 6.54 Å². The topological polar surface area (TPSA) is 26.0 Å². The third-order valence-electron chi connectivity index (χ3n) is 3.53. The second-order valence-corrected chi connectivity index (χ2v) is 5.26. The molecule has 1 aromatic carbocycles. The van der Waals surface area contributed by atoms with Gasteiger partial charge < -0.3 is 5.73 Å². The van der Waals surface area contributed by atoms with E-state index in [-0.39, 0.29) is 5.56 Å². The van der Waals surface area contributed by atoms with E-state index in [9.17, 15) is 8.78 Å². The van der Waals surface area contributed by atoms with Crippen molar-refractivity contribution in [2.24, 2.45) is 5.73 Å². The van der Waals surface area contributed by atoms with Gasteiger partial charge in [-0.05, 0) is 40.9 Å². The molecular formula is C12H14BrF2N. The van der Waals surface area contributed by atoms with E-state index >= 15 is 0 Å². The van der Waals surface area contributed by atoms with E-state index in [1.807, 2.05) is 0 Å². The van der Waals surface area contributed by atoms with E-state index in [4.69, 9.17) is 5.73 Å². The molecule has 0 spiro atoms. The highest BCUT2D eigenvalue weighted by molar-refractivity contribution is 9.10. The minimum Gasteiger partial charge on any atom is -0.330 e. The fraction of sp³-hybridized carbons (Fsp3) is 0.500. The van der Waals surface area contributed by atoms with Crippen molar-refractivity contribution in [1.82, 2.24) is 0 Å². The van der Waals surface area contributed by atoms with Crippen LogP contribution in [0.15, 0.2) is 16.6 Å². The van der Waals surface area contributed by atoms with Crippen LogP contribution in [0.25, 0.3) is 0 Å². The summed E-state index contributed by atoms with van der Waals surface area (Å²) in [4.78, 5) is 0. The Morgan fingerprint density at radius 3 is 2.44 bits per heavy atom. The Hall–Kier alpha value is -0.480. The molecule has 0 aliphatic heterocycles. The quantitative estimate of drug-likeness (QED) is 0.829. The third-order valence-corrected chi connectivity index (χ3v) is 4.14. The van der Waals surface area contributed by atoms with Crippen LogP contribution in [-0.4, -0.2) is 6.54 Å². The van der Waals surface area contributed by atoms with Crippen molar-refractivity contribution in [3.05, 3.63) is 33.8 Å². The largest absolute Gasteiger partial charge is 0.330 e. The number of benzene rings is 1. The summed E-state index contributed by atoms with van der Waals surface area (Å²) >= 11 is 3.10. The smallest absolute Gasteiger partial charge is 0.144 e. The summed E-state index contributed by atoms with van der Waals surface area (Å²) in [5.74, 6) is -0.972. The average molecular weight is 290 g/mol. The third kappa shape index (κ3) is 1.78. The first-order valence-corrected chi connectivity index (χ1v) is 6.24. The maximum Gasteiger partial charge on any atom is 0.144 e. The van der Waals surface area contributed by atoms with E-state index in [1.165, 1.54) is 12.1 Å². The molecule has 0 atom stereocenters. The van der Waals surface area contributed by atoms with E-state index in [2.05, 4.69) is 15.9 Å². The molecular weight excluding hydrogens is 276 g/mol. The van der Waals surface area contributed by atoms with Crippen molar-refractivity contribution in [2.45, 2.75) is 31.1 Å². The lowest BCUT2D eigenvalue weighted by molar-refractivity contribution is 0.399. The molecule has 1 aromatic rings. The van der Waals surface area contributed by atoms with Gasteiger partial charge in [0.05, 0.1) is 4.47 Å². The van der Waals surface area contributed by atoms with Gasteiger partial charge in [-0.3, -0.25) is 0 Å². The molecule has 0 heterocycles. The summed E-state index contributed by atoms with van der Waals surface area (Å²) in [6.07, 6.45) is 3.52. The summed E-state index contributed by atoms with van der Waals surface area (Å²) < 4.78 is 28.1. The molecule has 88 valence electrons. The van der Waals surface area contributed by atoms with Crippen molar-refractivity contribution >= 4 is 15.9 Å². The fourth-order valence-electron chi connectivity index (χ4n) is 2.62. The van der Waals surface area contributed by atoms with Crippen LogP contribution < -0.4 is 5.73 Å². The second kappa shape index (κ2) is 4.41. The summed E-state index contributed by atoms with van der Waals surface area (Å²) in [5, 5.41) is 0. The van der Waals surface area contributed by atoms with Crippen LogP contribution >= 0.6 is 15.9 Å². The van der Waals surface area contributed by atoms with Crippen LogP contribution in [0.1, 0.15) is 31.2 Å². The van der Waals surface area contributed by atoms with Gasteiger partial charge in [0.1, 0.15) is 11.6 Å². The molecule has 1 saturated carbocycles. The first kappa shape index (κ1) is 12.0. The molecule has 2 rings (SSSR count). The highest BCUT2D eigenvalue weighted by Crippen LogP contribution is 2.43. The molecule has 0 unspecified atom stereocenters. The fourth-order valence-corrected chi connectivity index (χ4v) is 2.95. The van der Waals surface area contributed by atoms with Crippen LogP contribution in [0.2, 0.25) is 0 Å². The Bertz CT molecular complexity index is 400. The predicted octanol–water partition coefficient (Wildman–Crippen LogP) is 3.50. The first-order valence-electron chi connectivity index (χ1n) is 5.45. The van der Waals surface area contributed by atoms with Crippen LogP contribution in [0.4, 0.5) is 8.78 Å². The lowest BCUT2D eigenvalue weighted by Crippen LogP contribution is -2.34. The van der Waals surface area contributed by atoms with Crippen LogP contribution in [0, 0.1) is 11.6 Å². The molecule has 0 bridgehead atoms. The molecule has 1 aliphatic rings. The summed E-state index contributed by atoms with van der Waals surface area (Å²) in [7, 11) is 0. The number of hydrogen-bond donors (Lipinski definition) is 1. The summed E-state index contributed by atoms with van der Waals surface area (Å²) in [6.45, 7) is 0.303. The molecule has 0 radical (unpaired) electrons. The predicted molar refractivity (Wildman–Crippen MR) is 63.3 cm³/mol. The van der Waals surface area contributed by atoms with E-state index in [0.717, 1.165) is 25.7 Å². The standard InChI is InChI=1S/C12H14BrF2N/c13-8-3-4-9(14)10(11(8)15)12(7-16)5-1-2-6-12/h3-4H,1-2,5-7,16H2. The molecule has 1 fully saturated rings. The zero-order valence-electron chi connectivity index (χ0n) is 8.90. The number of halogens is 3. The first-order chi connectivity index (χ1) is 7.60. The number of hydrogen-bond acceptors (Lipinski definition) is 1. The van der Waals surface area contributed by atoms with Gasteiger partial charge in [-0.2, -0.15) is 0 Å². The van der Waals surface area contributed by atoms with Gasteiger partial charge in [0.2, 0.25) is 0 Å². The maximum atomic E-state index is 14.0. The second-order valence-electron chi connectivity index (χ2n) is 4.41. The highest BCUT2D eigenvalue weighted by atomic mass is 79.9. The van der Waals surface area contributed by atoms with E-state index in [0.29, 0.717) is 11.0 Å².